The van der Waals surface area contributed by atoms with Gasteiger partial charge in [-0.05, 0) is 48.2 Å². The molecule has 0 aromatic carbocycles. The van der Waals surface area contributed by atoms with Crippen LogP contribution in [0.25, 0.3) is 0 Å². The van der Waals surface area contributed by atoms with E-state index in [4.69, 9.17) is 0 Å². The van der Waals surface area contributed by atoms with E-state index in [2.05, 4.69) is 20.5 Å². The molecular weight excluding hydrogens is 396 g/mol. The fraction of sp³-hybridized carbons (Fsp3) is 0.278. The number of aromatic nitrogens is 3. The Morgan fingerprint density at radius 3 is 2.50 bits per heavy atom. The predicted molar refractivity (Wildman–Crippen MR) is 110 cm³/mol. The molecule has 0 amide bonds. The van der Waals surface area contributed by atoms with Crippen LogP contribution in [-0.2, 0) is 10.0 Å². The van der Waals surface area contributed by atoms with Crippen molar-refractivity contribution in [2.75, 3.05) is 36.4 Å². The summed E-state index contributed by atoms with van der Waals surface area (Å²) >= 11 is 1.25. The minimum absolute atomic E-state index is 0.390. The highest BCUT2D eigenvalue weighted by Crippen LogP contribution is 2.23. The van der Waals surface area contributed by atoms with Gasteiger partial charge in [0.05, 0.1) is 0 Å². The summed E-state index contributed by atoms with van der Waals surface area (Å²) in [6.45, 7) is 4.00. The quantitative estimate of drug-likeness (QED) is 0.683. The second-order valence-corrected chi connectivity index (χ2v) is 9.56. The van der Waals surface area contributed by atoms with Crippen molar-refractivity contribution < 1.29 is 8.42 Å². The van der Waals surface area contributed by atoms with Gasteiger partial charge < -0.3 is 10.2 Å². The number of piperazine rings is 1. The number of rotatable bonds is 5. The Hall–Kier alpha value is -2.56. The standard InChI is InChI=1S/C18H20N6O2S2/c1-14-6-7-19-16(13-14)20-15-4-5-17(22-21-15)23-8-10-24(11-9-23)28(25,26)18-3-2-12-27-18/h2-7,12-13H,8-11H2,1H3,(H,19,20,21). The lowest BCUT2D eigenvalue weighted by molar-refractivity contribution is 0.384. The van der Waals surface area contributed by atoms with Gasteiger partial charge in [-0.25, -0.2) is 13.4 Å². The van der Waals surface area contributed by atoms with Crippen LogP contribution >= 0.6 is 11.3 Å². The first-order valence-corrected chi connectivity index (χ1v) is 11.2. The topological polar surface area (TPSA) is 91.3 Å². The first-order chi connectivity index (χ1) is 13.5. The van der Waals surface area contributed by atoms with E-state index in [-0.39, 0.29) is 0 Å². The molecule has 1 aliphatic heterocycles. The molecule has 4 heterocycles. The number of aryl methyl sites for hydroxylation is 1. The first kappa shape index (κ1) is 18.8. The zero-order chi connectivity index (χ0) is 19.6. The summed E-state index contributed by atoms with van der Waals surface area (Å²) in [5, 5.41) is 13.4. The van der Waals surface area contributed by atoms with E-state index < -0.39 is 10.0 Å². The third-order valence-corrected chi connectivity index (χ3v) is 7.75. The number of pyridine rings is 1. The third-order valence-electron chi connectivity index (χ3n) is 4.47. The van der Waals surface area contributed by atoms with Gasteiger partial charge in [-0.1, -0.05) is 6.07 Å². The fourth-order valence-electron chi connectivity index (χ4n) is 2.99. The lowest BCUT2D eigenvalue weighted by Crippen LogP contribution is -2.48. The van der Waals surface area contributed by atoms with E-state index in [1.807, 2.05) is 36.1 Å². The van der Waals surface area contributed by atoms with Crippen molar-refractivity contribution in [1.82, 2.24) is 19.5 Å². The number of hydrogen-bond acceptors (Lipinski definition) is 8. The Bertz CT molecular complexity index is 1030. The summed E-state index contributed by atoms with van der Waals surface area (Å²) in [7, 11) is -3.40. The van der Waals surface area contributed by atoms with Gasteiger partial charge in [0.25, 0.3) is 10.0 Å². The van der Waals surface area contributed by atoms with Crippen molar-refractivity contribution in [3.05, 3.63) is 53.5 Å². The second kappa shape index (κ2) is 7.82. The van der Waals surface area contributed by atoms with Crippen molar-refractivity contribution in [1.29, 1.82) is 0 Å². The first-order valence-electron chi connectivity index (χ1n) is 8.84. The van der Waals surface area contributed by atoms with Gasteiger partial charge in [0, 0.05) is 32.4 Å². The van der Waals surface area contributed by atoms with Crippen LogP contribution in [0.5, 0.6) is 0 Å². The van der Waals surface area contributed by atoms with Crippen LogP contribution in [0.3, 0.4) is 0 Å². The molecule has 3 aromatic heterocycles. The average molecular weight is 417 g/mol. The molecular formula is C18H20N6O2S2. The van der Waals surface area contributed by atoms with E-state index in [1.54, 1.807) is 23.7 Å². The van der Waals surface area contributed by atoms with Crippen LogP contribution in [-0.4, -0.2) is 54.1 Å². The molecule has 0 atom stereocenters. The van der Waals surface area contributed by atoms with Gasteiger partial charge in [0.1, 0.15) is 10.0 Å². The molecule has 0 spiro atoms. The largest absolute Gasteiger partial charge is 0.352 e. The number of sulfonamides is 1. The molecule has 0 radical (unpaired) electrons. The van der Waals surface area contributed by atoms with Crippen molar-refractivity contribution in [3.8, 4) is 0 Å². The van der Waals surface area contributed by atoms with Crippen LogP contribution < -0.4 is 10.2 Å². The molecule has 28 heavy (non-hydrogen) atoms. The molecule has 0 saturated carbocycles. The molecule has 10 heteroatoms. The maximum atomic E-state index is 12.6. The summed E-state index contributed by atoms with van der Waals surface area (Å²) in [5.41, 5.74) is 1.11. The molecule has 1 fully saturated rings. The van der Waals surface area contributed by atoms with Crippen molar-refractivity contribution in [2.45, 2.75) is 11.1 Å². The molecule has 0 bridgehead atoms. The van der Waals surface area contributed by atoms with E-state index >= 15 is 0 Å². The van der Waals surface area contributed by atoms with E-state index in [9.17, 15) is 8.42 Å². The van der Waals surface area contributed by atoms with Gasteiger partial charge in [0.15, 0.2) is 11.6 Å². The van der Waals surface area contributed by atoms with E-state index in [0.29, 0.717) is 36.2 Å². The lowest BCUT2D eigenvalue weighted by Gasteiger charge is -2.34. The Kier molecular flexibility index (Phi) is 5.25. The van der Waals surface area contributed by atoms with Crippen LogP contribution in [0, 0.1) is 6.92 Å². The summed E-state index contributed by atoms with van der Waals surface area (Å²) in [6.07, 6.45) is 1.74. The molecule has 1 saturated heterocycles. The molecule has 8 nitrogen and oxygen atoms in total. The summed E-state index contributed by atoms with van der Waals surface area (Å²) in [5.74, 6) is 2.06. The van der Waals surface area contributed by atoms with Crippen molar-refractivity contribution >= 4 is 38.8 Å². The Labute approximate surface area is 167 Å². The van der Waals surface area contributed by atoms with Gasteiger partial charge in [-0.2, -0.15) is 4.31 Å². The Morgan fingerprint density at radius 1 is 1.04 bits per heavy atom. The normalized spacial score (nSPS) is 15.5. The molecule has 1 N–H and O–H groups in total. The van der Waals surface area contributed by atoms with Crippen LogP contribution in [0.15, 0.2) is 52.2 Å². The van der Waals surface area contributed by atoms with Gasteiger partial charge in [-0.3, -0.25) is 0 Å². The smallest absolute Gasteiger partial charge is 0.252 e. The third kappa shape index (κ3) is 3.98. The zero-order valence-corrected chi connectivity index (χ0v) is 16.9. The summed E-state index contributed by atoms with van der Waals surface area (Å²) in [4.78, 5) is 6.29. The minimum atomic E-state index is -3.40. The number of nitrogens with one attached hydrogen (secondary N) is 1. The maximum absolute atomic E-state index is 12.6. The van der Waals surface area contributed by atoms with Crippen LogP contribution in [0.4, 0.5) is 17.5 Å². The minimum Gasteiger partial charge on any atom is -0.352 e. The average Bonchev–Trinajstić information content (AvgIpc) is 3.25. The van der Waals surface area contributed by atoms with Gasteiger partial charge >= 0.3 is 0 Å². The molecule has 0 aliphatic carbocycles. The van der Waals surface area contributed by atoms with Crippen molar-refractivity contribution in [2.24, 2.45) is 0 Å². The lowest BCUT2D eigenvalue weighted by atomic mass is 10.3. The van der Waals surface area contributed by atoms with Gasteiger partial charge in [-0.15, -0.1) is 21.5 Å². The SMILES string of the molecule is Cc1ccnc(Nc2ccc(N3CCN(S(=O)(=O)c4cccs4)CC3)nn2)c1. The molecule has 4 rings (SSSR count). The van der Waals surface area contributed by atoms with E-state index in [0.717, 1.165) is 17.2 Å². The molecule has 0 unspecified atom stereocenters. The van der Waals surface area contributed by atoms with Crippen LogP contribution in [0.2, 0.25) is 0 Å². The number of nitrogens with zero attached hydrogens (tertiary/aromatic N) is 5. The molecule has 1 aliphatic rings. The van der Waals surface area contributed by atoms with Crippen molar-refractivity contribution in [3.63, 3.8) is 0 Å². The van der Waals surface area contributed by atoms with Crippen LogP contribution in [0.1, 0.15) is 5.56 Å². The summed E-state index contributed by atoms with van der Waals surface area (Å²) in [6, 6.07) is 11.0. The van der Waals surface area contributed by atoms with E-state index in [1.165, 1.54) is 15.6 Å². The predicted octanol–water partition coefficient (Wildman–Crippen LogP) is 2.50. The monoisotopic (exact) mass is 416 g/mol. The Balaban J connectivity index is 1.38. The highest BCUT2D eigenvalue weighted by atomic mass is 32.2. The molecule has 146 valence electrons. The number of thiophene rings is 1. The maximum Gasteiger partial charge on any atom is 0.252 e. The Morgan fingerprint density at radius 2 is 1.86 bits per heavy atom. The summed E-state index contributed by atoms with van der Waals surface area (Å²) < 4.78 is 27.1. The highest BCUT2D eigenvalue weighted by molar-refractivity contribution is 7.91. The fourth-order valence-corrected chi connectivity index (χ4v) is 5.56. The second-order valence-electron chi connectivity index (χ2n) is 6.44. The van der Waals surface area contributed by atoms with Gasteiger partial charge in [0.2, 0.25) is 0 Å². The molecule has 3 aromatic rings. The zero-order valence-electron chi connectivity index (χ0n) is 15.3. The number of hydrogen-bond donors (Lipinski definition) is 1. The number of anilines is 3. The highest BCUT2D eigenvalue weighted by Gasteiger charge is 2.29.